The van der Waals surface area contributed by atoms with Gasteiger partial charge in [-0.2, -0.15) is 11.8 Å². The van der Waals surface area contributed by atoms with E-state index in [1.165, 1.54) is 0 Å². The summed E-state index contributed by atoms with van der Waals surface area (Å²) in [7, 11) is 0. The standard InChI is InChI=1S/C16H23NO3S/c1-12(11-21-2)16(20)17-14(8-9-15(18)19)10-13-6-4-3-5-7-13/h3-7,12,14H,8-11H2,1-2H3,(H,17,20)(H,18,19). The van der Waals surface area contributed by atoms with Gasteiger partial charge in [-0.1, -0.05) is 37.3 Å². The normalized spacial score (nSPS) is 13.4. The van der Waals surface area contributed by atoms with Crippen LogP contribution in [0.15, 0.2) is 30.3 Å². The number of amides is 1. The largest absolute Gasteiger partial charge is 0.481 e. The van der Waals surface area contributed by atoms with Crippen LogP contribution in [0.5, 0.6) is 0 Å². The maximum Gasteiger partial charge on any atom is 0.303 e. The second-order valence-electron chi connectivity index (χ2n) is 5.18. The number of carbonyl (C=O) groups is 2. The number of hydrogen-bond donors (Lipinski definition) is 2. The molecule has 0 radical (unpaired) electrons. The van der Waals surface area contributed by atoms with Gasteiger partial charge in [-0.25, -0.2) is 0 Å². The van der Waals surface area contributed by atoms with E-state index in [-0.39, 0.29) is 24.3 Å². The van der Waals surface area contributed by atoms with E-state index >= 15 is 0 Å². The van der Waals surface area contributed by atoms with Crippen molar-refractivity contribution in [2.45, 2.75) is 32.2 Å². The number of carboxylic acid groups (broad SMARTS) is 1. The minimum Gasteiger partial charge on any atom is -0.481 e. The molecule has 2 N–H and O–H groups in total. The van der Waals surface area contributed by atoms with Crippen LogP contribution in [-0.4, -0.2) is 35.0 Å². The molecule has 0 saturated heterocycles. The van der Waals surface area contributed by atoms with Crippen molar-refractivity contribution in [3.8, 4) is 0 Å². The summed E-state index contributed by atoms with van der Waals surface area (Å²) < 4.78 is 0. The molecule has 0 fully saturated rings. The van der Waals surface area contributed by atoms with Crippen LogP contribution in [0.4, 0.5) is 0 Å². The van der Waals surface area contributed by atoms with Gasteiger partial charge >= 0.3 is 5.97 Å². The highest BCUT2D eigenvalue weighted by Gasteiger charge is 2.18. The Bertz CT molecular complexity index is 450. The minimum atomic E-state index is -0.834. The molecule has 1 aromatic rings. The molecule has 116 valence electrons. The molecule has 0 heterocycles. The molecule has 0 spiro atoms. The van der Waals surface area contributed by atoms with Crippen molar-refractivity contribution < 1.29 is 14.7 Å². The van der Waals surface area contributed by atoms with Crippen LogP contribution in [0, 0.1) is 5.92 Å². The van der Waals surface area contributed by atoms with Gasteiger partial charge in [0.1, 0.15) is 0 Å². The highest BCUT2D eigenvalue weighted by molar-refractivity contribution is 7.98. The summed E-state index contributed by atoms with van der Waals surface area (Å²) in [5.74, 6) is -0.138. The van der Waals surface area contributed by atoms with Crippen molar-refractivity contribution in [1.29, 1.82) is 0 Å². The summed E-state index contributed by atoms with van der Waals surface area (Å²) in [4.78, 5) is 22.9. The number of carbonyl (C=O) groups excluding carboxylic acids is 1. The van der Waals surface area contributed by atoms with Crippen molar-refractivity contribution in [1.82, 2.24) is 5.32 Å². The van der Waals surface area contributed by atoms with Crippen molar-refractivity contribution in [3.05, 3.63) is 35.9 Å². The Hall–Kier alpha value is -1.49. The number of nitrogens with one attached hydrogen (secondary N) is 1. The smallest absolute Gasteiger partial charge is 0.303 e. The Balaban J connectivity index is 2.63. The van der Waals surface area contributed by atoms with Crippen molar-refractivity contribution >= 4 is 23.6 Å². The quantitative estimate of drug-likeness (QED) is 0.736. The molecule has 5 heteroatoms. The molecular formula is C16H23NO3S. The molecule has 21 heavy (non-hydrogen) atoms. The fraction of sp³-hybridized carbons (Fsp3) is 0.500. The Labute approximate surface area is 130 Å². The summed E-state index contributed by atoms with van der Waals surface area (Å²) in [6.45, 7) is 1.89. The second-order valence-corrected chi connectivity index (χ2v) is 6.09. The van der Waals surface area contributed by atoms with Gasteiger partial charge < -0.3 is 10.4 Å². The third-order valence-electron chi connectivity index (χ3n) is 3.24. The number of benzene rings is 1. The van der Waals surface area contributed by atoms with Gasteiger partial charge in [0.05, 0.1) is 0 Å². The van der Waals surface area contributed by atoms with E-state index in [1.807, 2.05) is 43.5 Å². The molecule has 0 aliphatic heterocycles. The highest BCUT2D eigenvalue weighted by atomic mass is 32.2. The summed E-state index contributed by atoms with van der Waals surface area (Å²) in [6, 6.07) is 9.68. The topological polar surface area (TPSA) is 66.4 Å². The highest BCUT2D eigenvalue weighted by Crippen LogP contribution is 2.10. The average molecular weight is 309 g/mol. The van der Waals surface area contributed by atoms with Crippen LogP contribution in [-0.2, 0) is 16.0 Å². The van der Waals surface area contributed by atoms with Crippen LogP contribution in [0.2, 0.25) is 0 Å². The third kappa shape index (κ3) is 7.18. The van der Waals surface area contributed by atoms with Crippen molar-refractivity contribution in [2.75, 3.05) is 12.0 Å². The number of rotatable bonds is 9. The lowest BCUT2D eigenvalue weighted by Crippen LogP contribution is -2.40. The molecule has 2 atom stereocenters. The summed E-state index contributed by atoms with van der Waals surface area (Å²) in [5.41, 5.74) is 1.10. The molecule has 1 amide bonds. The van der Waals surface area contributed by atoms with Crippen LogP contribution in [0.25, 0.3) is 0 Å². The monoisotopic (exact) mass is 309 g/mol. The summed E-state index contributed by atoms with van der Waals surface area (Å²) >= 11 is 1.63. The minimum absolute atomic E-state index is 0.00401. The van der Waals surface area contributed by atoms with Gasteiger partial charge in [-0.05, 0) is 24.7 Å². The van der Waals surface area contributed by atoms with E-state index in [1.54, 1.807) is 11.8 Å². The van der Waals surface area contributed by atoms with Crippen LogP contribution in [0.3, 0.4) is 0 Å². The van der Waals surface area contributed by atoms with Gasteiger partial charge in [0.15, 0.2) is 0 Å². The third-order valence-corrected chi connectivity index (χ3v) is 4.08. The maximum absolute atomic E-state index is 12.1. The van der Waals surface area contributed by atoms with Gasteiger partial charge in [0, 0.05) is 24.1 Å². The molecule has 1 rings (SSSR count). The van der Waals surface area contributed by atoms with Gasteiger partial charge in [-0.15, -0.1) is 0 Å². The van der Waals surface area contributed by atoms with Crippen molar-refractivity contribution in [2.24, 2.45) is 5.92 Å². The Morgan fingerprint density at radius 3 is 2.52 bits per heavy atom. The van der Waals surface area contributed by atoms with Crippen molar-refractivity contribution in [3.63, 3.8) is 0 Å². The van der Waals surface area contributed by atoms with Gasteiger partial charge in [0.2, 0.25) is 5.91 Å². The number of thioether (sulfide) groups is 1. The van der Waals surface area contributed by atoms with Crippen LogP contribution in [0.1, 0.15) is 25.3 Å². The predicted octanol–water partition coefficient (Wildman–Crippen LogP) is 2.58. The average Bonchev–Trinajstić information content (AvgIpc) is 2.46. The van der Waals surface area contributed by atoms with E-state index in [4.69, 9.17) is 5.11 Å². The molecule has 4 nitrogen and oxygen atoms in total. The molecule has 1 aromatic carbocycles. The second kappa shape index (κ2) is 9.45. The summed E-state index contributed by atoms with van der Waals surface area (Å²) in [6.07, 6.45) is 3.14. The first-order valence-electron chi connectivity index (χ1n) is 7.08. The first kappa shape index (κ1) is 17.6. The fourth-order valence-electron chi connectivity index (χ4n) is 2.09. The zero-order valence-corrected chi connectivity index (χ0v) is 13.4. The summed E-state index contributed by atoms with van der Waals surface area (Å²) in [5, 5.41) is 11.8. The molecule has 0 aliphatic carbocycles. The molecule has 0 saturated carbocycles. The predicted molar refractivity (Wildman–Crippen MR) is 86.5 cm³/mol. The first-order valence-corrected chi connectivity index (χ1v) is 8.47. The van der Waals surface area contributed by atoms with E-state index in [0.29, 0.717) is 12.8 Å². The van der Waals surface area contributed by atoms with Gasteiger partial charge in [-0.3, -0.25) is 9.59 Å². The van der Waals surface area contributed by atoms with Crippen LogP contribution >= 0.6 is 11.8 Å². The SMILES string of the molecule is CSCC(C)C(=O)NC(CCC(=O)O)Cc1ccccc1. The van der Waals surface area contributed by atoms with Crippen LogP contribution < -0.4 is 5.32 Å². The molecule has 0 aromatic heterocycles. The van der Waals surface area contributed by atoms with E-state index in [9.17, 15) is 9.59 Å². The van der Waals surface area contributed by atoms with E-state index in [0.717, 1.165) is 11.3 Å². The maximum atomic E-state index is 12.1. The van der Waals surface area contributed by atoms with E-state index < -0.39 is 5.97 Å². The molecule has 0 aliphatic rings. The Kier molecular flexibility index (Phi) is 7.90. The lowest BCUT2D eigenvalue weighted by molar-refractivity contribution is -0.137. The number of aliphatic carboxylic acids is 1. The lowest BCUT2D eigenvalue weighted by Gasteiger charge is -2.20. The Morgan fingerprint density at radius 2 is 1.95 bits per heavy atom. The molecule has 0 bridgehead atoms. The molecular weight excluding hydrogens is 286 g/mol. The zero-order valence-electron chi connectivity index (χ0n) is 12.5. The zero-order chi connectivity index (χ0) is 15.7. The lowest BCUT2D eigenvalue weighted by atomic mass is 10.0. The molecule has 2 unspecified atom stereocenters. The Morgan fingerprint density at radius 1 is 1.29 bits per heavy atom. The first-order chi connectivity index (χ1) is 10.0. The number of hydrogen-bond acceptors (Lipinski definition) is 3. The van der Waals surface area contributed by atoms with E-state index in [2.05, 4.69) is 5.32 Å². The number of carboxylic acids is 1. The fourth-order valence-corrected chi connectivity index (χ4v) is 2.74. The van der Waals surface area contributed by atoms with Gasteiger partial charge in [0.25, 0.3) is 0 Å².